The zero-order valence-electron chi connectivity index (χ0n) is 6.99. The number of halogens is 1. The SMILES string of the molecule is Cc1ccccc1-c1nnc(Br)o1. The van der Waals surface area contributed by atoms with E-state index in [1.165, 1.54) is 0 Å². The Morgan fingerprint density at radius 2 is 2.00 bits per heavy atom. The van der Waals surface area contributed by atoms with E-state index in [0.29, 0.717) is 10.7 Å². The van der Waals surface area contributed by atoms with Crippen LogP contribution in [0.1, 0.15) is 5.56 Å². The molecule has 0 spiro atoms. The van der Waals surface area contributed by atoms with Gasteiger partial charge in [-0.15, -0.1) is 10.2 Å². The van der Waals surface area contributed by atoms with Gasteiger partial charge in [0.1, 0.15) is 0 Å². The fraction of sp³-hybridized carbons (Fsp3) is 0.111. The van der Waals surface area contributed by atoms with Gasteiger partial charge in [0.25, 0.3) is 4.80 Å². The third-order valence-electron chi connectivity index (χ3n) is 1.78. The Morgan fingerprint density at radius 1 is 1.23 bits per heavy atom. The molecule has 66 valence electrons. The van der Waals surface area contributed by atoms with E-state index >= 15 is 0 Å². The number of nitrogens with zero attached hydrogens (tertiary/aromatic N) is 2. The second kappa shape index (κ2) is 3.30. The zero-order valence-corrected chi connectivity index (χ0v) is 8.58. The summed E-state index contributed by atoms with van der Waals surface area (Å²) in [7, 11) is 0. The first-order chi connectivity index (χ1) is 6.27. The highest BCUT2D eigenvalue weighted by Crippen LogP contribution is 2.22. The molecule has 0 saturated heterocycles. The minimum absolute atomic E-state index is 0.408. The second-order valence-corrected chi connectivity index (χ2v) is 3.35. The average molecular weight is 239 g/mol. The lowest BCUT2D eigenvalue weighted by atomic mass is 10.1. The normalized spacial score (nSPS) is 10.3. The van der Waals surface area contributed by atoms with Crippen LogP contribution in [-0.2, 0) is 0 Å². The minimum Gasteiger partial charge on any atom is -0.411 e. The molecule has 2 rings (SSSR count). The molecule has 1 aromatic carbocycles. The Kier molecular flexibility index (Phi) is 2.14. The van der Waals surface area contributed by atoms with Gasteiger partial charge in [0.2, 0.25) is 5.89 Å². The van der Waals surface area contributed by atoms with Gasteiger partial charge >= 0.3 is 0 Å². The van der Waals surface area contributed by atoms with E-state index in [9.17, 15) is 0 Å². The van der Waals surface area contributed by atoms with Crippen molar-refractivity contribution in [1.82, 2.24) is 10.2 Å². The largest absolute Gasteiger partial charge is 0.411 e. The summed E-state index contributed by atoms with van der Waals surface area (Å²) in [5, 5.41) is 7.62. The van der Waals surface area contributed by atoms with Crippen LogP contribution in [-0.4, -0.2) is 10.2 Å². The quantitative estimate of drug-likeness (QED) is 0.767. The molecule has 0 N–H and O–H groups in total. The van der Waals surface area contributed by atoms with Gasteiger partial charge in [0.15, 0.2) is 0 Å². The maximum Gasteiger partial charge on any atom is 0.285 e. The molecule has 13 heavy (non-hydrogen) atoms. The molecule has 3 nitrogen and oxygen atoms in total. The van der Waals surface area contributed by atoms with Crippen LogP contribution in [0.5, 0.6) is 0 Å². The van der Waals surface area contributed by atoms with Crippen molar-refractivity contribution in [3.05, 3.63) is 34.6 Å². The molecule has 0 bridgehead atoms. The smallest absolute Gasteiger partial charge is 0.285 e. The van der Waals surface area contributed by atoms with Gasteiger partial charge in [-0.1, -0.05) is 18.2 Å². The van der Waals surface area contributed by atoms with Gasteiger partial charge in [0, 0.05) is 21.5 Å². The highest BCUT2D eigenvalue weighted by Gasteiger charge is 2.07. The summed E-state index contributed by atoms with van der Waals surface area (Å²) in [6.45, 7) is 2.01. The predicted octanol–water partition coefficient (Wildman–Crippen LogP) is 2.81. The minimum atomic E-state index is 0.408. The van der Waals surface area contributed by atoms with Crippen LogP contribution in [0.15, 0.2) is 33.5 Å². The Balaban J connectivity index is 2.52. The first kappa shape index (κ1) is 8.44. The topological polar surface area (TPSA) is 38.9 Å². The summed E-state index contributed by atoms with van der Waals surface area (Å²) < 4.78 is 5.24. The zero-order chi connectivity index (χ0) is 9.26. The van der Waals surface area contributed by atoms with Crippen molar-refractivity contribution in [3.8, 4) is 11.5 Å². The van der Waals surface area contributed by atoms with E-state index in [1.54, 1.807) is 0 Å². The van der Waals surface area contributed by atoms with E-state index in [1.807, 2.05) is 31.2 Å². The van der Waals surface area contributed by atoms with Crippen LogP contribution >= 0.6 is 15.9 Å². The molecule has 0 aliphatic carbocycles. The van der Waals surface area contributed by atoms with Gasteiger partial charge in [-0.3, -0.25) is 0 Å². The predicted molar refractivity (Wildman–Crippen MR) is 52.2 cm³/mol. The first-order valence-corrected chi connectivity index (χ1v) is 4.61. The van der Waals surface area contributed by atoms with Crippen LogP contribution in [0.4, 0.5) is 0 Å². The molecule has 0 saturated carbocycles. The molecular weight excluding hydrogens is 232 g/mol. The van der Waals surface area contributed by atoms with Gasteiger partial charge in [-0.05, 0) is 18.6 Å². The monoisotopic (exact) mass is 238 g/mol. The van der Waals surface area contributed by atoms with E-state index in [4.69, 9.17) is 4.42 Å². The number of rotatable bonds is 1. The molecule has 0 aliphatic rings. The lowest BCUT2D eigenvalue weighted by Gasteiger charge is -1.97. The molecule has 0 aliphatic heterocycles. The van der Waals surface area contributed by atoms with Crippen LogP contribution in [0, 0.1) is 6.92 Å². The van der Waals surface area contributed by atoms with Gasteiger partial charge in [-0.25, -0.2) is 0 Å². The molecule has 1 heterocycles. The van der Waals surface area contributed by atoms with Crippen molar-refractivity contribution in [2.24, 2.45) is 0 Å². The fourth-order valence-electron chi connectivity index (χ4n) is 1.13. The van der Waals surface area contributed by atoms with Gasteiger partial charge in [0.05, 0.1) is 0 Å². The summed E-state index contributed by atoms with van der Waals surface area (Å²) in [5.41, 5.74) is 2.10. The van der Waals surface area contributed by atoms with E-state index in [0.717, 1.165) is 11.1 Å². The number of aromatic nitrogens is 2. The molecule has 0 fully saturated rings. The van der Waals surface area contributed by atoms with Crippen LogP contribution in [0.2, 0.25) is 0 Å². The third-order valence-corrected chi connectivity index (χ3v) is 2.10. The molecular formula is C9H7BrN2O. The molecule has 2 aromatic rings. The number of hydrogen-bond acceptors (Lipinski definition) is 3. The molecule has 0 unspecified atom stereocenters. The summed E-state index contributed by atoms with van der Waals surface area (Å²) >= 11 is 3.11. The maximum absolute atomic E-state index is 5.24. The lowest BCUT2D eigenvalue weighted by Crippen LogP contribution is -1.81. The molecule has 0 amide bonds. The second-order valence-electron chi connectivity index (χ2n) is 2.68. The fourth-order valence-corrected chi connectivity index (χ4v) is 1.36. The maximum atomic E-state index is 5.24. The van der Waals surface area contributed by atoms with E-state index in [-0.39, 0.29) is 0 Å². The Morgan fingerprint density at radius 3 is 2.62 bits per heavy atom. The number of hydrogen-bond donors (Lipinski definition) is 0. The van der Waals surface area contributed by atoms with Crippen LogP contribution < -0.4 is 0 Å². The van der Waals surface area contributed by atoms with Crippen molar-refractivity contribution in [2.75, 3.05) is 0 Å². The number of aryl methyl sites for hydroxylation is 1. The number of benzene rings is 1. The van der Waals surface area contributed by atoms with Crippen LogP contribution in [0.25, 0.3) is 11.5 Å². The average Bonchev–Trinajstić information content (AvgIpc) is 2.53. The third kappa shape index (κ3) is 1.62. The Labute approximate surface area is 83.9 Å². The molecule has 4 heteroatoms. The standard InChI is InChI=1S/C9H7BrN2O/c1-6-4-2-3-5-7(6)8-11-12-9(10)13-8/h2-5H,1H3. The van der Waals surface area contributed by atoms with Crippen molar-refractivity contribution in [1.29, 1.82) is 0 Å². The van der Waals surface area contributed by atoms with Crippen molar-refractivity contribution in [3.63, 3.8) is 0 Å². The Bertz CT molecular complexity index is 425. The molecule has 1 aromatic heterocycles. The summed E-state index contributed by atoms with van der Waals surface area (Å²) in [6.07, 6.45) is 0. The Hall–Kier alpha value is -1.16. The van der Waals surface area contributed by atoms with Crippen LogP contribution in [0.3, 0.4) is 0 Å². The van der Waals surface area contributed by atoms with E-state index in [2.05, 4.69) is 26.1 Å². The van der Waals surface area contributed by atoms with Crippen molar-refractivity contribution >= 4 is 15.9 Å². The van der Waals surface area contributed by atoms with Gasteiger partial charge in [-0.2, -0.15) is 0 Å². The summed E-state index contributed by atoms with van der Waals surface area (Å²) in [5.74, 6) is 0.546. The summed E-state index contributed by atoms with van der Waals surface area (Å²) in [4.78, 5) is 0.408. The lowest BCUT2D eigenvalue weighted by molar-refractivity contribution is 0.540. The molecule has 0 radical (unpaired) electrons. The highest BCUT2D eigenvalue weighted by molar-refractivity contribution is 9.10. The summed E-state index contributed by atoms with van der Waals surface area (Å²) in [6, 6.07) is 7.88. The highest BCUT2D eigenvalue weighted by atomic mass is 79.9. The first-order valence-electron chi connectivity index (χ1n) is 3.82. The van der Waals surface area contributed by atoms with Crippen molar-refractivity contribution in [2.45, 2.75) is 6.92 Å². The van der Waals surface area contributed by atoms with Gasteiger partial charge < -0.3 is 4.42 Å². The molecule has 0 atom stereocenters. The van der Waals surface area contributed by atoms with Crippen molar-refractivity contribution < 1.29 is 4.42 Å². The van der Waals surface area contributed by atoms with E-state index < -0.39 is 0 Å².